The van der Waals surface area contributed by atoms with Gasteiger partial charge in [0.05, 0.1) is 10.6 Å². The molecule has 1 atom stereocenters. The summed E-state index contributed by atoms with van der Waals surface area (Å²) in [4.78, 5) is 16.4. The Balaban J connectivity index is 1.84. The largest absolute Gasteiger partial charge is 0.296 e. The van der Waals surface area contributed by atoms with Crippen LogP contribution in [-0.2, 0) is 21.9 Å². The summed E-state index contributed by atoms with van der Waals surface area (Å²) in [6.45, 7) is 6.07. The number of anilines is 1. The third-order valence-corrected chi connectivity index (χ3v) is 6.97. The second-order valence-corrected chi connectivity index (χ2v) is 9.49. The first-order chi connectivity index (χ1) is 11.7. The highest BCUT2D eigenvalue weighted by Gasteiger charge is 2.35. The van der Waals surface area contributed by atoms with Crippen LogP contribution in [0.15, 0.2) is 17.0 Å². The summed E-state index contributed by atoms with van der Waals surface area (Å²) in [5.74, 6) is 0.455. The molecule has 1 aliphatic heterocycles. The summed E-state index contributed by atoms with van der Waals surface area (Å²) >= 11 is 1.43. The quantitative estimate of drug-likeness (QED) is 0.875. The number of hydrogen-bond donors (Lipinski definition) is 1. The maximum Gasteiger partial charge on any atom is 0.246 e. The fourth-order valence-electron chi connectivity index (χ4n) is 3.19. The van der Waals surface area contributed by atoms with E-state index in [0.717, 1.165) is 21.9 Å². The van der Waals surface area contributed by atoms with E-state index in [9.17, 15) is 13.2 Å². The first kappa shape index (κ1) is 18.1. The topological polar surface area (TPSA) is 84.3 Å². The molecule has 7 nitrogen and oxygen atoms in total. The molecule has 0 spiro atoms. The highest BCUT2D eigenvalue weighted by molar-refractivity contribution is 7.89. The Labute approximate surface area is 151 Å². The molecule has 1 amide bonds. The number of aryl methyl sites for hydroxylation is 4. The maximum absolute atomic E-state index is 12.8. The third kappa shape index (κ3) is 3.49. The lowest BCUT2D eigenvalue weighted by Gasteiger charge is -2.32. The SMILES string of the molecule is Cc1cc(N2CCC[C@H](NS(=O)(=O)c3cc(C)sc3C)C2=O)n(C)n1. The number of carbonyl (C=O) groups excluding carboxylic acids is 1. The van der Waals surface area contributed by atoms with Crippen LogP contribution in [0.3, 0.4) is 0 Å². The second-order valence-electron chi connectivity index (χ2n) is 6.35. The highest BCUT2D eigenvalue weighted by atomic mass is 32.2. The summed E-state index contributed by atoms with van der Waals surface area (Å²) in [7, 11) is -1.94. The van der Waals surface area contributed by atoms with Crippen molar-refractivity contribution >= 4 is 33.1 Å². The van der Waals surface area contributed by atoms with Crippen LogP contribution in [0, 0.1) is 20.8 Å². The van der Waals surface area contributed by atoms with E-state index < -0.39 is 16.1 Å². The van der Waals surface area contributed by atoms with Crippen molar-refractivity contribution in [3.05, 3.63) is 27.6 Å². The number of sulfonamides is 1. The molecule has 1 N–H and O–H groups in total. The minimum Gasteiger partial charge on any atom is -0.296 e. The number of nitrogens with zero attached hydrogens (tertiary/aromatic N) is 3. The predicted molar refractivity (Wildman–Crippen MR) is 97.4 cm³/mol. The number of nitrogens with one attached hydrogen (secondary N) is 1. The molecule has 25 heavy (non-hydrogen) atoms. The molecule has 1 aliphatic rings. The van der Waals surface area contributed by atoms with Gasteiger partial charge in [-0.25, -0.2) is 8.42 Å². The zero-order valence-corrected chi connectivity index (χ0v) is 16.4. The van der Waals surface area contributed by atoms with E-state index in [1.807, 2.05) is 19.9 Å². The van der Waals surface area contributed by atoms with E-state index in [0.29, 0.717) is 18.8 Å². The molecule has 2 aromatic heterocycles. The van der Waals surface area contributed by atoms with Crippen molar-refractivity contribution in [3.63, 3.8) is 0 Å². The van der Waals surface area contributed by atoms with Gasteiger partial charge in [-0.05, 0) is 39.7 Å². The highest BCUT2D eigenvalue weighted by Crippen LogP contribution is 2.27. The van der Waals surface area contributed by atoms with E-state index in [2.05, 4.69) is 9.82 Å². The summed E-state index contributed by atoms with van der Waals surface area (Å²) in [6.07, 6.45) is 1.22. The van der Waals surface area contributed by atoms with E-state index in [4.69, 9.17) is 0 Å². The average molecular weight is 383 g/mol. The number of aromatic nitrogens is 2. The summed E-state index contributed by atoms with van der Waals surface area (Å²) in [5.41, 5.74) is 0.817. The summed E-state index contributed by atoms with van der Waals surface area (Å²) in [6, 6.07) is 2.73. The van der Waals surface area contributed by atoms with Crippen LogP contribution < -0.4 is 9.62 Å². The Bertz CT molecular complexity index is 914. The molecule has 0 saturated carbocycles. The number of hydrogen-bond acceptors (Lipinski definition) is 5. The Hall–Kier alpha value is -1.71. The molecule has 136 valence electrons. The first-order valence-corrected chi connectivity index (χ1v) is 10.4. The zero-order valence-electron chi connectivity index (χ0n) is 14.7. The monoisotopic (exact) mass is 382 g/mol. The molecule has 3 heterocycles. The third-order valence-electron chi connectivity index (χ3n) is 4.27. The van der Waals surface area contributed by atoms with Crippen LogP contribution in [0.25, 0.3) is 0 Å². The van der Waals surface area contributed by atoms with Crippen molar-refractivity contribution < 1.29 is 13.2 Å². The molecule has 2 aromatic rings. The van der Waals surface area contributed by atoms with Crippen LogP contribution in [0.4, 0.5) is 5.82 Å². The Kier molecular flexibility index (Phi) is 4.74. The molecule has 0 aromatic carbocycles. The fraction of sp³-hybridized carbons (Fsp3) is 0.500. The molecular formula is C16H22N4O3S2. The van der Waals surface area contributed by atoms with Gasteiger partial charge in [0, 0.05) is 29.4 Å². The smallest absolute Gasteiger partial charge is 0.246 e. The Morgan fingerprint density at radius 1 is 1.28 bits per heavy atom. The molecule has 0 bridgehead atoms. The lowest BCUT2D eigenvalue weighted by atomic mass is 10.1. The zero-order chi connectivity index (χ0) is 18.4. The van der Waals surface area contributed by atoms with Gasteiger partial charge in [-0.1, -0.05) is 0 Å². The number of piperidine rings is 1. The molecule has 0 radical (unpaired) electrons. The summed E-state index contributed by atoms with van der Waals surface area (Å²) in [5, 5.41) is 4.27. The lowest BCUT2D eigenvalue weighted by molar-refractivity contribution is -0.121. The standard InChI is InChI=1S/C16H22N4O3S2/c1-10-8-15(19(4)17-10)20-7-5-6-13(16(20)21)18-25(22,23)14-9-11(2)24-12(14)3/h8-9,13,18H,5-7H2,1-4H3/t13-/m0/s1. The Morgan fingerprint density at radius 3 is 2.56 bits per heavy atom. The number of rotatable bonds is 4. The fourth-order valence-corrected chi connectivity index (χ4v) is 5.97. The normalized spacial score (nSPS) is 18.8. The van der Waals surface area contributed by atoms with E-state index in [1.165, 1.54) is 11.3 Å². The van der Waals surface area contributed by atoms with E-state index in [1.54, 1.807) is 29.6 Å². The van der Waals surface area contributed by atoms with Crippen molar-refractivity contribution in [1.82, 2.24) is 14.5 Å². The second kappa shape index (κ2) is 6.54. The minimum absolute atomic E-state index is 0.234. The molecule has 9 heteroatoms. The van der Waals surface area contributed by atoms with Gasteiger partial charge in [0.2, 0.25) is 15.9 Å². The molecule has 1 saturated heterocycles. The number of carbonyl (C=O) groups is 1. The minimum atomic E-state index is -3.72. The van der Waals surface area contributed by atoms with Gasteiger partial charge < -0.3 is 0 Å². The van der Waals surface area contributed by atoms with Crippen molar-refractivity contribution in [3.8, 4) is 0 Å². The predicted octanol–water partition coefficient (Wildman–Crippen LogP) is 1.88. The van der Waals surface area contributed by atoms with Gasteiger partial charge in [0.15, 0.2) is 0 Å². The van der Waals surface area contributed by atoms with Gasteiger partial charge in [0.1, 0.15) is 11.9 Å². The van der Waals surface area contributed by atoms with Gasteiger partial charge in [-0.2, -0.15) is 9.82 Å². The van der Waals surface area contributed by atoms with Crippen LogP contribution >= 0.6 is 11.3 Å². The lowest BCUT2D eigenvalue weighted by Crippen LogP contribution is -2.52. The van der Waals surface area contributed by atoms with Crippen molar-refractivity contribution in [2.24, 2.45) is 7.05 Å². The van der Waals surface area contributed by atoms with Gasteiger partial charge in [0.25, 0.3) is 0 Å². The molecule has 0 aliphatic carbocycles. The average Bonchev–Trinajstić information content (AvgIpc) is 3.03. The molecule has 0 unspecified atom stereocenters. The van der Waals surface area contributed by atoms with Crippen LogP contribution in [0.1, 0.15) is 28.3 Å². The van der Waals surface area contributed by atoms with E-state index in [-0.39, 0.29) is 10.8 Å². The van der Waals surface area contributed by atoms with E-state index >= 15 is 0 Å². The van der Waals surface area contributed by atoms with Crippen molar-refractivity contribution in [2.45, 2.75) is 44.6 Å². The van der Waals surface area contributed by atoms with Crippen molar-refractivity contribution in [2.75, 3.05) is 11.4 Å². The van der Waals surface area contributed by atoms with Gasteiger partial charge >= 0.3 is 0 Å². The van der Waals surface area contributed by atoms with Gasteiger partial charge in [-0.3, -0.25) is 14.4 Å². The van der Waals surface area contributed by atoms with Crippen LogP contribution in [0.2, 0.25) is 0 Å². The first-order valence-electron chi connectivity index (χ1n) is 8.10. The van der Waals surface area contributed by atoms with Crippen LogP contribution in [0.5, 0.6) is 0 Å². The Morgan fingerprint density at radius 2 is 2.00 bits per heavy atom. The maximum atomic E-state index is 12.8. The summed E-state index contributed by atoms with van der Waals surface area (Å²) < 4.78 is 29.7. The van der Waals surface area contributed by atoms with Crippen LogP contribution in [-0.4, -0.2) is 36.7 Å². The van der Waals surface area contributed by atoms with Crippen molar-refractivity contribution in [1.29, 1.82) is 0 Å². The number of amides is 1. The van der Waals surface area contributed by atoms with Gasteiger partial charge in [-0.15, -0.1) is 11.3 Å². The molecule has 3 rings (SSSR count). The number of thiophene rings is 1. The molecule has 1 fully saturated rings. The molecular weight excluding hydrogens is 360 g/mol.